The number of aromatic nitrogens is 2. The van der Waals surface area contributed by atoms with Gasteiger partial charge in [0, 0.05) is 34.6 Å². The number of nitrogens with zero attached hydrogens (tertiary/aromatic N) is 2. The maximum Gasteiger partial charge on any atom is 0.126 e. The van der Waals surface area contributed by atoms with E-state index in [1.54, 1.807) is 23.7 Å². The van der Waals surface area contributed by atoms with E-state index >= 15 is 0 Å². The van der Waals surface area contributed by atoms with E-state index in [0.29, 0.717) is 0 Å². The Hall–Kier alpha value is -2.20. The highest BCUT2D eigenvalue weighted by Gasteiger charge is 2.08. The van der Waals surface area contributed by atoms with Gasteiger partial charge in [0.2, 0.25) is 0 Å². The van der Waals surface area contributed by atoms with Crippen LogP contribution < -0.4 is 5.73 Å². The number of para-hydroxylation sites is 1. The summed E-state index contributed by atoms with van der Waals surface area (Å²) in [5.74, 6) is 0. The SMILES string of the molecule is Nc1ccccc1-c1nc(-c2ccncc2)cs1. The molecule has 18 heavy (non-hydrogen) atoms. The zero-order chi connectivity index (χ0) is 12.4. The van der Waals surface area contributed by atoms with Crippen molar-refractivity contribution in [2.45, 2.75) is 0 Å². The van der Waals surface area contributed by atoms with E-state index in [1.165, 1.54) is 0 Å². The Kier molecular flexibility index (Phi) is 2.78. The van der Waals surface area contributed by atoms with Crippen molar-refractivity contribution >= 4 is 17.0 Å². The Labute approximate surface area is 109 Å². The van der Waals surface area contributed by atoms with E-state index in [1.807, 2.05) is 41.8 Å². The second-order valence-corrected chi connectivity index (χ2v) is 4.72. The molecule has 0 aliphatic heterocycles. The number of nitrogen functional groups attached to an aromatic ring is 1. The van der Waals surface area contributed by atoms with Crippen LogP contribution in [0.2, 0.25) is 0 Å². The fraction of sp³-hybridized carbons (Fsp3) is 0. The molecule has 0 radical (unpaired) electrons. The molecule has 4 heteroatoms. The molecule has 88 valence electrons. The summed E-state index contributed by atoms with van der Waals surface area (Å²) in [6.45, 7) is 0. The van der Waals surface area contributed by atoms with Gasteiger partial charge in [-0.05, 0) is 24.3 Å². The van der Waals surface area contributed by atoms with Crippen molar-refractivity contribution in [3.63, 3.8) is 0 Å². The molecule has 0 saturated heterocycles. The molecule has 3 aromatic rings. The molecule has 0 spiro atoms. The zero-order valence-corrected chi connectivity index (χ0v) is 10.4. The topological polar surface area (TPSA) is 51.8 Å². The second-order valence-electron chi connectivity index (χ2n) is 3.86. The predicted molar refractivity (Wildman–Crippen MR) is 75.2 cm³/mol. The summed E-state index contributed by atoms with van der Waals surface area (Å²) in [5.41, 5.74) is 9.73. The highest BCUT2D eigenvalue weighted by atomic mass is 32.1. The van der Waals surface area contributed by atoms with Crippen LogP contribution in [-0.4, -0.2) is 9.97 Å². The first-order valence-corrected chi connectivity index (χ1v) is 6.43. The maximum atomic E-state index is 5.96. The molecule has 2 N–H and O–H groups in total. The quantitative estimate of drug-likeness (QED) is 0.712. The Morgan fingerprint density at radius 1 is 1.00 bits per heavy atom. The molecule has 0 aliphatic rings. The second kappa shape index (κ2) is 4.58. The number of rotatable bonds is 2. The van der Waals surface area contributed by atoms with E-state index in [9.17, 15) is 0 Å². The lowest BCUT2D eigenvalue weighted by molar-refractivity contribution is 1.31. The first kappa shape index (κ1) is 10.9. The molecule has 0 bridgehead atoms. The zero-order valence-electron chi connectivity index (χ0n) is 9.58. The molecule has 3 rings (SSSR count). The van der Waals surface area contributed by atoms with Gasteiger partial charge in [-0.2, -0.15) is 0 Å². The molecule has 2 aromatic heterocycles. The van der Waals surface area contributed by atoms with E-state index in [-0.39, 0.29) is 0 Å². The van der Waals surface area contributed by atoms with Crippen LogP contribution in [0.4, 0.5) is 5.69 Å². The van der Waals surface area contributed by atoms with E-state index in [0.717, 1.165) is 27.5 Å². The Balaban J connectivity index is 2.03. The van der Waals surface area contributed by atoms with Crippen LogP contribution >= 0.6 is 11.3 Å². The molecular weight excluding hydrogens is 242 g/mol. The third kappa shape index (κ3) is 1.98. The van der Waals surface area contributed by atoms with Crippen molar-refractivity contribution in [2.75, 3.05) is 5.73 Å². The van der Waals surface area contributed by atoms with Gasteiger partial charge in [-0.25, -0.2) is 4.98 Å². The first-order chi connectivity index (χ1) is 8.84. The predicted octanol–water partition coefficient (Wildman–Crippen LogP) is 3.45. The average molecular weight is 253 g/mol. The number of thiazole rings is 1. The Morgan fingerprint density at radius 2 is 1.78 bits per heavy atom. The van der Waals surface area contributed by atoms with Crippen molar-refractivity contribution in [1.29, 1.82) is 0 Å². The van der Waals surface area contributed by atoms with Gasteiger partial charge in [0.1, 0.15) is 5.01 Å². The minimum atomic E-state index is 0.758. The van der Waals surface area contributed by atoms with Gasteiger partial charge in [0.15, 0.2) is 0 Å². The summed E-state index contributed by atoms with van der Waals surface area (Å²) in [5, 5.41) is 2.98. The van der Waals surface area contributed by atoms with Gasteiger partial charge < -0.3 is 5.73 Å². The summed E-state index contributed by atoms with van der Waals surface area (Å²) in [6, 6.07) is 11.7. The largest absolute Gasteiger partial charge is 0.398 e. The third-order valence-corrected chi connectivity index (χ3v) is 3.55. The van der Waals surface area contributed by atoms with E-state index < -0.39 is 0 Å². The molecule has 0 amide bonds. The van der Waals surface area contributed by atoms with Crippen molar-refractivity contribution in [3.8, 4) is 21.8 Å². The summed E-state index contributed by atoms with van der Waals surface area (Å²) in [6.07, 6.45) is 3.54. The van der Waals surface area contributed by atoms with Gasteiger partial charge in [-0.3, -0.25) is 4.98 Å². The van der Waals surface area contributed by atoms with E-state index in [2.05, 4.69) is 9.97 Å². The molecule has 0 unspecified atom stereocenters. The monoisotopic (exact) mass is 253 g/mol. The summed E-state index contributed by atoms with van der Waals surface area (Å²) < 4.78 is 0. The third-order valence-electron chi connectivity index (χ3n) is 2.67. The normalized spacial score (nSPS) is 10.4. The number of anilines is 1. The summed E-state index contributed by atoms with van der Waals surface area (Å²) in [7, 11) is 0. The van der Waals surface area contributed by atoms with Crippen molar-refractivity contribution in [2.24, 2.45) is 0 Å². The van der Waals surface area contributed by atoms with Crippen LogP contribution in [0.1, 0.15) is 0 Å². The molecule has 0 atom stereocenters. The number of nitrogens with two attached hydrogens (primary N) is 1. The van der Waals surface area contributed by atoms with Crippen LogP contribution in [-0.2, 0) is 0 Å². The fourth-order valence-corrected chi connectivity index (χ4v) is 2.62. The Bertz CT molecular complexity index is 662. The van der Waals surface area contributed by atoms with Crippen LogP contribution in [0.25, 0.3) is 21.8 Å². The van der Waals surface area contributed by atoms with Gasteiger partial charge in [0.05, 0.1) is 5.69 Å². The molecule has 3 nitrogen and oxygen atoms in total. The lowest BCUT2D eigenvalue weighted by Crippen LogP contribution is -1.88. The van der Waals surface area contributed by atoms with Crippen molar-refractivity contribution in [3.05, 3.63) is 54.2 Å². The highest BCUT2D eigenvalue weighted by molar-refractivity contribution is 7.13. The standard InChI is InChI=1S/C14H11N3S/c15-12-4-2-1-3-11(12)14-17-13(9-18-14)10-5-7-16-8-6-10/h1-9H,15H2. The number of hydrogen-bond donors (Lipinski definition) is 1. The molecule has 1 aromatic carbocycles. The lowest BCUT2D eigenvalue weighted by atomic mass is 10.2. The molecule has 0 aliphatic carbocycles. The van der Waals surface area contributed by atoms with Crippen LogP contribution in [0.3, 0.4) is 0 Å². The van der Waals surface area contributed by atoms with E-state index in [4.69, 9.17) is 5.73 Å². The van der Waals surface area contributed by atoms with Gasteiger partial charge >= 0.3 is 0 Å². The molecule has 0 saturated carbocycles. The Morgan fingerprint density at radius 3 is 2.56 bits per heavy atom. The minimum Gasteiger partial charge on any atom is -0.398 e. The molecule has 2 heterocycles. The van der Waals surface area contributed by atoms with Crippen LogP contribution in [0.5, 0.6) is 0 Å². The number of pyridine rings is 1. The van der Waals surface area contributed by atoms with Crippen molar-refractivity contribution < 1.29 is 0 Å². The van der Waals surface area contributed by atoms with Crippen LogP contribution in [0.15, 0.2) is 54.2 Å². The van der Waals surface area contributed by atoms with Gasteiger partial charge in [-0.1, -0.05) is 12.1 Å². The fourth-order valence-electron chi connectivity index (χ4n) is 1.74. The average Bonchev–Trinajstić information content (AvgIpc) is 2.90. The number of hydrogen-bond acceptors (Lipinski definition) is 4. The summed E-state index contributed by atoms with van der Waals surface area (Å²) in [4.78, 5) is 8.63. The smallest absolute Gasteiger partial charge is 0.126 e. The first-order valence-electron chi connectivity index (χ1n) is 5.55. The molecule has 0 fully saturated rings. The number of benzene rings is 1. The maximum absolute atomic E-state index is 5.96. The van der Waals surface area contributed by atoms with Crippen LogP contribution in [0, 0.1) is 0 Å². The van der Waals surface area contributed by atoms with Crippen molar-refractivity contribution in [1.82, 2.24) is 9.97 Å². The lowest BCUT2D eigenvalue weighted by Gasteiger charge is -2.00. The summed E-state index contributed by atoms with van der Waals surface area (Å²) >= 11 is 1.60. The minimum absolute atomic E-state index is 0.758. The van der Waals surface area contributed by atoms with Gasteiger partial charge in [0.25, 0.3) is 0 Å². The molecular formula is C14H11N3S. The highest BCUT2D eigenvalue weighted by Crippen LogP contribution is 2.31. The van der Waals surface area contributed by atoms with Gasteiger partial charge in [-0.15, -0.1) is 11.3 Å².